The normalized spacial score (nSPS) is 41.4. The molecule has 3 aliphatic rings. The molecule has 22 heavy (non-hydrogen) atoms. The summed E-state index contributed by atoms with van der Waals surface area (Å²) in [5, 5.41) is 13.3. The Bertz CT molecular complexity index is 528. The van der Waals surface area contributed by atoms with Crippen LogP contribution in [0.4, 0.5) is 4.39 Å². The number of ether oxygens (including phenoxy) is 1. The molecule has 0 aromatic rings. The minimum absolute atomic E-state index is 0.146. The van der Waals surface area contributed by atoms with Crippen LogP contribution in [0, 0.1) is 11.8 Å². The number of carbonyl (C=O) groups excluding carboxylic acids is 2. The standard InChI is InChI=1S/C15H19ClFNO4/c16-7-6-10-12(20)18-15(13(21)22-14(10,15)8-17)11(19)9-4-2-1-3-5-9/h2,4,9-11,19H,1,3,5-8H2,(H,18,20)/t9?,10-,11-,14?,15?/m0/s1. The zero-order valence-electron chi connectivity index (χ0n) is 12.1. The summed E-state index contributed by atoms with van der Waals surface area (Å²) < 4.78 is 18.9. The van der Waals surface area contributed by atoms with Crippen LogP contribution in [0.5, 0.6) is 0 Å². The molecule has 7 heteroatoms. The van der Waals surface area contributed by atoms with Gasteiger partial charge in [0.15, 0.2) is 5.60 Å². The maximum absolute atomic E-state index is 13.8. The van der Waals surface area contributed by atoms with Gasteiger partial charge in [-0.1, -0.05) is 12.2 Å². The Balaban J connectivity index is 1.98. The van der Waals surface area contributed by atoms with Gasteiger partial charge in [0.1, 0.15) is 6.67 Å². The van der Waals surface area contributed by atoms with E-state index in [9.17, 15) is 19.1 Å². The Morgan fingerprint density at radius 1 is 1.55 bits per heavy atom. The smallest absolute Gasteiger partial charge is 0.339 e. The summed E-state index contributed by atoms with van der Waals surface area (Å²) >= 11 is 5.70. The van der Waals surface area contributed by atoms with Gasteiger partial charge in [-0.15, -0.1) is 11.6 Å². The molecule has 3 unspecified atom stereocenters. The van der Waals surface area contributed by atoms with Crippen LogP contribution in [0.15, 0.2) is 12.2 Å². The lowest BCUT2D eigenvalue weighted by Gasteiger charge is -2.54. The first-order valence-electron chi connectivity index (χ1n) is 7.55. The van der Waals surface area contributed by atoms with Crippen LogP contribution < -0.4 is 5.32 Å². The van der Waals surface area contributed by atoms with E-state index in [0.29, 0.717) is 6.42 Å². The number of amides is 1. The SMILES string of the molecule is O=C1NC2([C@@H](O)C3C=CCCC3)C(=O)OC2(CF)[C@H]1CCCl. The number of nitrogens with one attached hydrogen (secondary N) is 1. The van der Waals surface area contributed by atoms with E-state index in [0.717, 1.165) is 12.8 Å². The van der Waals surface area contributed by atoms with Crippen LogP contribution in [0.2, 0.25) is 0 Å². The van der Waals surface area contributed by atoms with E-state index in [2.05, 4.69) is 5.32 Å². The zero-order valence-corrected chi connectivity index (χ0v) is 12.8. The molecule has 1 amide bonds. The third kappa shape index (κ3) is 1.80. The first-order valence-corrected chi connectivity index (χ1v) is 8.09. The van der Waals surface area contributed by atoms with Crippen LogP contribution >= 0.6 is 11.6 Å². The Morgan fingerprint density at radius 2 is 2.32 bits per heavy atom. The molecule has 5 nitrogen and oxygen atoms in total. The number of aliphatic hydroxyl groups is 1. The van der Waals surface area contributed by atoms with Gasteiger partial charge in [0.05, 0.1) is 12.0 Å². The van der Waals surface area contributed by atoms with E-state index in [-0.39, 0.29) is 18.2 Å². The molecule has 122 valence electrons. The van der Waals surface area contributed by atoms with Gasteiger partial charge in [0.2, 0.25) is 11.4 Å². The Labute approximate surface area is 132 Å². The molecule has 0 saturated carbocycles. The molecule has 2 aliphatic heterocycles. The predicted molar refractivity (Wildman–Crippen MR) is 77.0 cm³/mol. The molecule has 2 saturated heterocycles. The average Bonchev–Trinajstić information content (AvgIpc) is 2.73. The van der Waals surface area contributed by atoms with Gasteiger partial charge < -0.3 is 15.2 Å². The second-order valence-corrected chi connectivity index (χ2v) is 6.59. The van der Waals surface area contributed by atoms with E-state index < -0.39 is 41.7 Å². The molecule has 0 aromatic heterocycles. The molecule has 2 fully saturated rings. The van der Waals surface area contributed by atoms with Gasteiger partial charge in [-0.05, 0) is 25.7 Å². The van der Waals surface area contributed by atoms with Crippen molar-refractivity contribution in [2.75, 3.05) is 12.6 Å². The fourth-order valence-corrected chi connectivity index (χ4v) is 4.23. The van der Waals surface area contributed by atoms with Crippen LogP contribution in [0.25, 0.3) is 0 Å². The van der Waals surface area contributed by atoms with Crippen molar-refractivity contribution in [3.8, 4) is 0 Å². The summed E-state index contributed by atoms with van der Waals surface area (Å²) in [5.41, 5.74) is -3.33. The second-order valence-electron chi connectivity index (χ2n) is 6.21. The highest BCUT2D eigenvalue weighted by Gasteiger charge is 2.81. The summed E-state index contributed by atoms with van der Waals surface area (Å²) in [6.07, 6.45) is 5.23. The molecule has 0 aromatic carbocycles. The number of hydrogen-bond donors (Lipinski definition) is 2. The maximum Gasteiger partial charge on any atom is 0.339 e. The number of aliphatic hydroxyl groups excluding tert-OH is 1. The van der Waals surface area contributed by atoms with Crippen molar-refractivity contribution < 1.29 is 23.8 Å². The fraction of sp³-hybridized carbons (Fsp3) is 0.733. The Hall–Kier alpha value is -1.14. The van der Waals surface area contributed by atoms with E-state index >= 15 is 0 Å². The van der Waals surface area contributed by atoms with Crippen LogP contribution in [0.1, 0.15) is 25.7 Å². The van der Waals surface area contributed by atoms with Gasteiger partial charge in [-0.2, -0.15) is 0 Å². The van der Waals surface area contributed by atoms with Crippen LogP contribution in [-0.2, 0) is 14.3 Å². The van der Waals surface area contributed by atoms with E-state index in [1.54, 1.807) is 0 Å². The van der Waals surface area contributed by atoms with Crippen LogP contribution in [-0.4, -0.2) is 46.8 Å². The molecular weight excluding hydrogens is 313 g/mol. The summed E-state index contributed by atoms with van der Waals surface area (Å²) in [5.74, 6) is -2.27. The first-order chi connectivity index (χ1) is 10.5. The quantitative estimate of drug-likeness (QED) is 0.449. The van der Waals surface area contributed by atoms with Crippen molar-refractivity contribution in [3.63, 3.8) is 0 Å². The van der Waals surface area contributed by atoms with E-state index in [1.807, 2.05) is 12.2 Å². The number of esters is 1. The summed E-state index contributed by atoms with van der Waals surface area (Å²) in [6, 6.07) is 0. The van der Waals surface area contributed by atoms with Crippen molar-refractivity contribution in [1.82, 2.24) is 5.32 Å². The summed E-state index contributed by atoms with van der Waals surface area (Å²) in [6.45, 7) is -1.02. The highest BCUT2D eigenvalue weighted by Crippen LogP contribution is 2.53. The molecule has 0 bridgehead atoms. The van der Waals surface area contributed by atoms with Crippen molar-refractivity contribution in [2.24, 2.45) is 11.8 Å². The fourth-order valence-electron chi connectivity index (χ4n) is 4.02. The highest BCUT2D eigenvalue weighted by atomic mass is 35.5. The largest absolute Gasteiger partial charge is 0.450 e. The zero-order chi connectivity index (χ0) is 16.0. The van der Waals surface area contributed by atoms with Crippen molar-refractivity contribution in [3.05, 3.63) is 12.2 Å². The van der Waals surface area contributed by atoms with Crippen molar-refractivity contribution >= 4 is 23.5 Å². The Kier molecular flexibility index (Phi) is 3.93. The van der Waals surface area contributed by atoms with Gasteiger partial charge in [-0.3, -0.25) is 4.79 Å². The highest BCUT2D eigenvalue weighted by molar-refractivity contribution is 6.18. The second kappa shape index (κ2) is 5.49. The van der Waals surface area contributed by atoms with Crippen molar-refractivity contribution in [1.29, 1.82) is 0 Å². The lowest BCUT2D eigenvalue weighted by molar-refractivity contribution is -0.247. The monoisotopic (exact) mass is 331 g/mol. The third-order valence-corrected chi connectivity index (χ3v) is 5.42. The topological polar surface area (TPSA) is 75.6 Å². The van der Waals surface area contributed by atoms with Gasteiger partial charge in [0.25, 0.3) is 0 Å². The molecule has 0 spiro atoms. The number of hydrogen-bond acceptors (Lipinski definition) is 4. The molecule has 0 radical (unpaired) electrons. The van der Waals surface area contributed by atoms with Gasteiger partial charge in [0, 0.05) is 11.8 Å². The van der Waals surface area contributed by atoms with E-state index in [4.69, 9.17) is 16.3 Å². The predicted octanol–water partition coefficient (Wildman–Crippen LogP) is 1.08. The minimum Gasteiger partial charge on any atom is -0.450 e. The number of halogens is 2. The van der Waals surface area contributed by atoms with Gasteiger partial charge in [-0.25, -0.2) is 9.18 Å². The van der Waals surface area contributed by atoms with Gasteiger partial charge >= 0.3 is 5.97 Å². The summed E-state index contributed by atoms with van der Waals surface area (Å²) in [4.78, 5) is 24.4. The van der Waals surface area contributed by atoms with Crippen LogP contribution in [0.3, 0.4) is 0 Å². The lowest BCUT2D eigenvalue weighted by Crippen LogP contribution is -2.82. The molecule has 3 rings (SSSR count). The number of alkyl halides is 2. The minimum atomic E-state index is -1.69. The third-order valence-electron chi connectivity index (χ3n) is 5.20. The average molecular weight is 332 g/mol. The molecule has 2 N–H and O–H groups in total. The van der Waals surface area contributed by atoms with E-state index in [1.165, 1.54) is 0 Å². The molecular formula is C15H19ClFNO4. The number of fused-ring (bicyclic) bond motifs is 1. The number of carbonyl (C=O) groups is 2. The lowest BCUT2D eigenvalue weighted by atomic mass is 9.64. The Morgan fingerprint density at radius 3 is 2.86 bits per heavy atom. The summed E-state index contributed by atoms with van der Waals surface area (Å²) in [7, 11) is 0. The molecule has 1 aliphatic carbocycles. The number of allylic oxidation sites excluding steroid dienone is 1. The number of rotatable bonds is 5. The maximum atomic E-state index is 13.8. The molecule has 5 atom stereocenters. The first kappa shape index (κ1) is 15.7. The van der Waals surface area contributed by atoms with Crippen molar-refractivity contribution in [2.45, 2.75) is 42.9 Å². The molecule has 2 heterocycles.